The van der Waals surface area contributed by atoms with Crippen molar-refractivity contribution in [3.8, 4) is 11.5 Å². The van der Waals surface area contributed by atoms with Gasteiger partial charge in [-0.3, -0.25) is 0 Å². The molecule has 5 heteroatoms. The Kier molecular flexibility index (Phi) is 2.88. The molecule has 3 aromatic rings. The average Bonchev–Trinajstić information content (AvgIpc) is 2.80. The summed E-state index contributed by atoms with van der Waals surface area (Å²) in [5.41, 5.74) is 9.37. The number of oxazole rings is 1. The largest absolute Gasteiger partial charge is 0.436 e. The highest BCUT2D eigenvalue weighted by Gasteiger charge is 2.17. The van der Waals surface area contributed by atoms with Crippen molar-refractivity contribution in [3.63, 3.8) is 0 Å². The monoisotopic (exact) mass is 292 g/mol. The van der Waals surface area contributed by atoms with Gasteiger partial charge in [0, 0.05) is 0 Å². The van der Waals surface area contributed by atoms with Gasteiger partial charge in [-0.05, 0) is 30.7 Å². The van der Waals surface area contributed by atoms with Gasteiger partial charge in [0.1, 0.15) is 5.52 Å². The number of para-hydroxylation sites is 1. The lowest BCUT2D eigenvalue weighted by molar-refractivity contribution is 0.618. The molecule has 0 unspecified atom stereocenters. The molecule has 1 aromatic heterocycles. The summed E-state index contributed by atoms with van der Waals surface area (Å²) in [6.07, 6.45) is 0. The normalized spacial score (nSPS) is 11.1. The summed E-state index contributed by atoms with van der Waals surface area (Å²) in [5, 5.41) is 0.893. The molecule has 0 spiro atoms. The molecule has 2 N–H and O–H groups in total. The Morgan fingerprint density at radius 2 is 1.84 bits per heavy atom. The lowest BCUT2D eigenvalue weighted by Gasteiger charge is -2.05. The van der Waals surface area contributed by atoms with Crippen LogP contribution in [0.2, 0.25) is 10.0 Å². The fourth-order valence-electron chi connectivity index (χ4n) is 1.98. The van der Waals surface area contributed by atoms with E-state index in [9.17, 15) is 0 Å². The number of benzene rings is 2. The van der Waals surface area contributed by atoms with E-state index in [0.29, 0.717) is 27.2 Å². The summed E-state index contributed by atoms with van der Waals surface area (Å²) < 4.78 is 5.77. The predicted molar refractivity (Wildman–Crippen MR) is 78.6 cm³/mol. The Labute approximate surface area is 119 Å². The Morgan fingerprint density at radius 3 is 2.58 bits per heavy atom. The molecule has 0 bridgehead atoms. The number of halogens is 2. The van der Waals surface area contributed by atoms with Crippen molar-refractivity contribution in [1.82, 2.24) is 4.98 Å². The minimum atomic E-state index is 0.373. The number of nitrogens with two attached hydrogens (primary N) is 1. The van der Waals surface area contributed by atoms with Crippen molar-refractivity contribution in [3.05, 3.63) is 45.9 Å². The van der Waals surface area contributed by atoms with E-state index in [0.717, 1.165) is 16.7 Å². The van der Waals surface area contributed by atoms with E-state index in [2.05, 4.69) is 4.98 Å². The summed E-state index contributed by atoms with van der Waals surface area (Å²) in [6.45, 7) is 1.96. The fraction of sp³-hybridized carbons (Fsp3) is 0.0714. The van der Waals surface area contributed by atoms with Gasteiger partial charge in [-0.1, -0.05) is 35.3 Å². The predicted octanol–water partition coefficient (Wildman–Crippen LogP) is 4.69. The number of hydrogen-bond acceptors (Lipinski definition) is 3. The van der Waals surface area contributed by atoms with E-state index in [1.807, 2.05) is 25.1 Å². The number of aromatic nitrogens is 1. The zero-order valence-corrected chi connectivity index (χ0v) is 11.6. The number of aryl methyl sites for hydroxylation is 1. The highest BCUT2D eigenvalue weighted by atomic mass is 35.5. The molecular weight excluding hydrogens is 283 g/mol. The number of nitrogens with zero attached hydrogens (tertiary/aromatic N) is 1. The molecule has 0 aliphatic carbocycles. The minimum absolute atomic E-state index is 0.373. The average molecular weight is 293 g/mol. The minimum Gasteiger partial charge on any atom is -0.436 e. The van der Waals surface area contributed by atoms with Crippen LogP contribution in [0, 0.1) is 6.92 Å². The van der Waals surface area contributed by atoms with Crippen molar-refractivity contribution in [2.24, 2.45) is 0 Å². The Bertz CT molecular complexity index is 780. The highest BCUT2D eigenvalue weighted by Crippen LogP contribution is 2.38. The fourth-order valence-corrected chi connectivity index (χ4v) is 2.38. The third-order valence-electron chi connectivity index (χ3n) is 2.97. The van der Waals surface area contributed by atoms with Crippen molar-refractivity contribution >= 4 is 40.0 Å². The standard InChI is InChI=1S/C14H10Cl2N2O/c1-7-3-2-4-10-13(7)19-14(18-10)11-8(15)5-6-9(16)12(11)17/h2-6H,17H2,1H3. The molecule has 96 valence electrons. The Hall–Kier alpha value is -1.71. The smallest absolute Gasteiger partial charge is 0.230 e. The number of nitrogen functional groups attached to an aromatic ring is 1. The third kappa shape index (κ3) is 1.95. The second-order valence-electron chi connectivity index (χ2n) is 4.26. The topological polar surface area (TPSA) is 52.0 Å². The summed E-state index contributed by atoms with van der Waals surface area (Å²) in [4.78, 5) is 4.42. The van der Waals surface area contributed by atoms with Gasteiger partial charge >= 0.3 is 0 Å². The maximum Gasteiger partial charge on any atom is 0.230 e. The molecule has 19 heavy (non-hydrogen) atoms. The van der Waals surface area contributed by atoms with Gasteiger partial charge in [-0.25, -0.2) is 4.98 Å². The van der Waals surface area contributed by atoms with Crippen LogP contribution in [0.1, 0.15) is 5.56 Å². The van der Waals surface area contributed by atoms with Gasteiger partial charge in [-0.15, -0.1) is 0 Å². The number of hydrogen-bond donors (Lipinski definition) is 1. The van der Waals surface area contributed by atoms with Crippen LogP contribution in [0.5, 0.6) is 0 Å². The van der Waals surface area contributed by atoms with E-state index < -0.39 is 0 Å². The van der Waals surface area contributed by atoms with E-state index in [-0.39, 0.29) is 0 Å². The van der Waals surface area contributed by atoms with E-state index in [1.165, 1.54) is 0 Å². The van der Waals surface area contributed by atoms with Crippen LogP contribution < -0.4 is 5.73 Å². The molecule has 0 amide bonds. The molecule has 0 saturated carbocycles. The lowest BCUT2D eigenvalue weighted by atomic mass is 10.2. The summed E-state index contributed by atoms with van der Waals surface area (Å²) >= 11 is 12.2. The molecule has 0 saturated heterocycles. The highest BCUT2D eigenvalue weighted by molar-refractivity contribution is 6.37. The number of fused-ring (bicyclic) bond motifs is 1. The Balaban J connectivity index is 2.31. The first-order valence-electron chi connectivity index (χ1n) is 5.68. The zero-order chi connectivity index (χ0) is 13.6. The van der Waals surface area contributed by atoms with E-state index in [4.69, 9.17) is 33.4 Å². The molecule has 0 atom stereocenters. The van der Waals surface area contributed by atoms with Crippen molar-refractivity contribution < 1.29 is 4.42 Å². The van der Waals surface area contributed by atoms with Crippen molar-refractivity contribution in [2.45, 2.75) is 6.92 Å². The molecular formula is C14H10Cl2N2O. The first kappa shape index (κ1) is 12.3. The van der Waals surface area contributed by atoms with Gasteiger partial charge in [0.05, 0.1) is 21.3 Å². The molecule has 0 radical (unpaired) electrons. The molecule has 0 fully saturated rings. The quantitative estimate of drug-likeness (QED) is 0.662. The number of anilines is 1. The van der Waals surface area contributed by atoms with Crippen LogP contribution in [0.25, 0.3) is 22.6 Å². The van der Waals surface area contributed by atoms with Gasteiger partial charge < -0.3 is 10.2 Å². The van der Waals surface area contributed by atoms with Crippen LogP contribution in [-0.4, -0.2) is 4.98 Å². The SMILES string of the molecule is Cc1cccc2nc(-c3c(Cl)ccc(Cl)c3N)oc12. The van der Waals surface area contributed by atoms with Gasteiger partial charge in [-0.2, -0.15) is 0 Å². The molecule has 1 heterocycles. The second-order valence-corrected chi connectivity index (χ2v) is 5.07. The first-order chi connectivity index (χ1) is 9.08. The van der Waals surface area contributed by atoms with Gasteiger partial charge in [0.25, 0.3) is 0 Å². The molecule has 0 aliphatic rings. The zero-order valence-electron chi connectivity index (χ0n) is 10.1. The maximum atomic E-state index is 6.16. The summed E-state index contributed by atoms with van der Waals surface area (Å²) in [5.74, 6) is 0.384. The van der Waals surface area contributed by atoms with Gasteiger partial charge in [0.15, 0.2) is 5.58 Å². The summed E-state index contributed by atoms with van der Waals surface area (Å²) in [6, 6.07) is 9.09. The number of rotatable bonds is 1. The summed E-state index contributed by atoms with van der Waals surface area (Å²) in [7, 11) is 0. The molecule has 3 nitrogen and oxygen atoms in total. The molecule has 0 aliphatic heterocycles. The van der Waals surface area contributed by atoms with Crippen LogP contribution in [0.4, 0.5) is 5.69 Å². The van der Waals surface area contributed by atoms with E-state index >= 15 is 0 Å². The van der Waals surface area contributed by atoms with Crippen LogP contribution in [0.3, 0.4) is 0 Å². The molecule has 2 aromatic carbocycles. The van der Waals surface area contributed by atoms with Crippen molar-refractivity contribution in [2.75, 3.05) is 5.73 Å². The molecule has 3 rings (SSSR count). The lowest BCUT2D eigenvalue weighted by Crippen LogP contribution is -1.92. The van der Waals surface area contributed by atoms with E-state index in [1.54, 1.807) is 12.1 Å². The van der Waals surface area contributed by atoms with Crippen molar-refractivity contribution in [1.29, 1.82) is 0 Å². The van der Waals surface area contributed by atoms with Crippen LogP contribution in [-0.2, 0) is 0 Å². The van der Waals surface area contributed by atoms with Crippen LogP contribution in [0.15, 0.2) is 34.7 Å². The van der Waals surface area contributed by atoms with Crippen LogP contribution >= 0.6 is 23.2 Å². The first-order valence-corrected chi connectivity index (χ1v) is 6.43. The Morgan fingerprint density at radius 1 is 1.11 bits per heavy atom. The third-order valence-corrected chi connectivity index (χ3v) is 3.61. The second kappa shape index (κ2) is 4.44. The maximum absolute atomic E-state index is 6.16. The van der Waals surface area contributed by atoms with Gasteiger partial charge in [0.2, 0.25) is 5.89 Å².